The van der Waals surface area contributed by atoms with Gasteiger partial charge in [0.2, 0.25) is 0 Å². The minimum atomic E-state index is -3.79. The third-order valence-electron chi connectivity index (χ3n) is 3.46. The lowest BCUT2D eigenvalue weighted by Gasteiger charge is -2.26. The number of benzene rings is 1. The van der Waals surface area contributed by atoms with Gasteiger partial charge in [-0.2, -0.15) is 0 Å². The van der Waals surface area contributed by atoms with Crippen LogP contribution in [0.4, 0.5) is 4.79 Å². The predicted octanol–water partition coefficient (Wildman–Crippen LogP) is 2.57. The summed E-state index contributed by atoms with van der Waals surface area (Å²) in [5, 5.41) is 0. The number of amides is 2. The molecule has 21 heavy (non-hydrogen) atoms. The van der Waals surface area contributed by atoms with Gasteiger partial charge in [-0.05, 0) is 37.8 Å². The molecule has 1 aliphatic rings. The number of piperidine rings is 1. The van der Waals surface area contributed by atoms with Crippen LogP contribution >= 0.6 is 0 Å². The highest BCUT2D eigenvalue weighted by Crippen LogP contribution is 2.13. The van der Waals surface area contributed by atoms with Gasteiger partial charge in [-0.3, -0.25) is 0 Å². The topological polar surface area (TPSA) is 66.5 Å². The van der Waals surface area contributed by atoms with E-state index in [1.54, 1.807) is 11.0 Å². The standard InChI is InChI=1S/C15H20N2O3S/c1-13(12-14-8-4-2-5-9-14)21(19,20)16-15(18)17-10-6-3-7-11-17/h2,4-5,8-9,12H,3,6-7,10-11H2,1H3,(H,16,18). The summed E-state index contributed by atoms with van der Waals surface area (Å²) in [6.45, 7) is 2.71. The second-order valence-electron chi connectivity index (χ2n) is 5.12. The van der Waals surface area contributed by atoms with Gasteiger partial charge >= 0.3 is 6.03 Å². The molecular weight excluding hydrogens is 288 g/mol. The zero-order valence-electron chi connectivity index (χ0n) is 12.1. The first-order chi connectivity index (χ1) is 9.99. The normalized spacial score (nSPS) is 16.6. The van der Waals surface area contributed by atoms with Crippen LogP contribution in [-0.2, 0) is 10.0 Å². The lowest BCUT2D eigenvalue weighted by Crippen LogP contribution is -2.45. The minimum absolute atomic E-state index is 0.124. The Balaban J connectivity index is 2.07. The van der Waals surface area contributed by atoms with Crippen molar-refractivity contribution < 1.29 is 13.2 Å². The van der Waals surface area contributed by atoms with E-state index in [9.17, 15) is 13.2 Å². The first-order valence-electron chi connectivity index (χ1n) is 7.04. The van der Waals surface area contributed by atoms with E-state index in [0.29, 0.717) is 13.1 Å². The van der Waals surface area contributed by atoms with E-state index >= 15 is 0 Å². The molecule has 1 fully saturated rings. The van der Waals surface area contributed by atoms with Gasteiger partial charge in [-0.15, -0.1) is 0 Å². The van der Waals surface area contributed by atoms with E-state index in [-0.39, 0.29) is 4.91 Å². The van der Waals surface area contributed by atoms with E-state index in [4.69, 9.17) is 0 Å². The summed E-state index contributed by atoms with van der Waals surface area (Å²) in [6, 6.07) is 8.61. The molecule has 6 heteroatoms. The summed E-state index contributed by atoms with van der Waals surface area (Å²) in [7, 11) is -3.79. The molecule has 0 spiro atoms. The summed E-state index contributed by atoms with van der Waals surface area (Å²) in [4.78, 5) is 13.7. The number of nitrogens with zero attached hydrogens (tertiary/aromatic N) is 1. The zero-order chi connectivity index (χ0) is 15.3. The molecule has 1 heterocycles. The van der Waals surface area contributed by atoms with Crippen molar-refractivity contribution >= 4 is 22.1 Å². The Morgan fingerprint density at radius 3 is 2.38 bits per heavy atom. The highest BCUT2D eigenvalue weighted by molar-refractivity contribution is 7.94. The number of nitrogens with one attached hydrogen (secondary N) is 1. The van der Waals surface area contributed by atoms with E-state index in [2.05, 4.69) is 4.72 Å². The zero-order valence-corrected chi connectivity index (χ0v) is 12.9. The van der Waals surface area contributed by atoms with Gasteiger partial charge < -0.3 is 4.90 Å². The Morgan fingerprint density at radius 2 is 1.76 bits per heavy atom. The summed E-state index contributed by atoms with van der Waals surface area (Å²) in [5.74, 6) is 0. The van der Waals surface area contributed by atoms with Crippen LogP contribution in [0.1, 0.15) is 31.7 Å². The molecule has 1 aliphatic heterocycles. The van der Waals surface area contributed by atoms with Crippen LogP contribution in [0, 0.1) is 0 Å². The van der Waals surface area contributed by atoms with Crippen molar-refractivity contribution in [3.8, 4) is 0 Å². The molecule has 5 nitrogen and oxygen atoms in total. The molecule has 1 N–H and O–H groups in total. The molecule has 114 valence electrons. The highest BCUT2D eigenvalue weighted by Gasteiger charge is 2.22. The summed E-state index contributed by atoms with van der Waals surface area (Å²) in [5.41, 5.74) is 0.783. The van der Waals surface area contributed by atoms with Crippen molar-refractivity contribution in [1.82, 2.24) is 9.62 Å². The highest BCUT2D eigenvalue weighted by atomic mass is 32.2. The fourth-order valence-electron chi connectivity index (χ4n) is 2.22. The van der Waals surface area contributed by atoms with E-state index in [1.807, 2.05) is 30.3 Å². The first kappa shape index (κ1) is 15.6. The molecule has 0 saturated carbocycles. The van der Waals surface area contributed by atoms with Crippen molar-refractivity contribution in [2.24, 2.45) is 0 Å². The number of carbonyl (C=O) groups is 1. The van der Waals surface area contributed by atoms with Crippen molar-refractivity contribution in [2.75, 3.05) is 13.1 Å². The third kappa shape index (κ3) is 4.32. The number of carbonyl (C=O) groups excluding carboxylic acids is 1. The number of urea groups is 1. The number of hydrogen-bond donors (Lipinski definition) is 1. The monoisotopic (exact) mass is 308 g/mol. The van der Waals surface area contributed by atoms with Crippen LogP contribution in [0.25, 0.3) is 6.08 Å². The Morgan fingerprint density at radius 1 is 1.14 bits per heavy atom. The van der Waals surface area contributed by atoms with E-state index in [0.717, 1.165) is 24.8 Å². The Labute approximate surface area is 125 Å². The molecule has 1 saturated heterocycles. The Bertz CT molecular complexity index is 618. The molecule has 1 aromatic rings. The van der Waals surface area contributed by atoms with Crippen LogP contribution in [0.15, 0.2) is 35.2 Å². The van der Waals surface area contributed by atoms with Crippen molar-refractivity contribution in [3.63, 3.8) is 0 Å². The molecular formula is C15H20N2O3S. The van der Waals surface area contributed by atoms with Crippen molar-refractivity contribution in [3.05, 3.63) is 40.8 Å². The molecule has 0 radical (unpaired) electrons. The number of hydrogen-bond acceptors (Lipinski definition) is 3. The summed E-state index contributed by atoms with van der Waals surface area (Å²) < 4.78 is 26.5. The summed E-state index contributed by atoms with van der Waals surface area (Å²) >= 11 is 0. The maximum Gasteiger partial charge on any atom is 0.331 e. The van der Waals surface area contributed by atoms with E-state index < -0.39 is 16.1 Å². The first-order valence-corrected chi connectivity index (χ1v) is 8.52. The van der Waals surface area contributed by atoms with Gasteiger partial charge in [0.25, 0.3) is 10.0 Å². The maximum atomic E-state index is 12.2. The van der Waals surface area contributed by atoms with E-state index in [1.165, 1.54) is 6.92 Å². The molecule has 0 atom stereocenters. The maximum absolute atomic E-state index is 12.2. The second-order valence-corrected chi connectivity index (χ2v) is 6.98. The third-order valence-corrected chi connectivity index (χ3v) is 4.87. The largest absolute Gasteiger partial charge is 0.331 e. The fourth-order valence-corrected chi connectivity index (χ4v) is 3.03. The molecule has 0 bridgehead atoms. The Hall–Kier alpha value is -1.82. The molecule has 0 aromatic heterocycles. The van der Waals surface area contributed by atoms with Crippen LogP contribution in [0.3, 0.4) is 0 Å². The quantitative estimate of drug-likeness (QED) is 0.933. The van der Waals surface area contributed by atoms with Gasteiger partial charge in [-0.25, -0.2) is 17.9 Å². The van der Waals surface area contributed by atoms with Crippen molar-refractivity contribution in [2.45, 2.75) is 26.2 Å². The van der Waals surface area contributed by atoms with Gasteiger partial charge in [0.1, 0.15) is 0 Å². The summed E-state index contributed by atoms with van der Waals surface area (Å²) in [6.07, 6.45) is 4.48. The minimum Gasteiger partial charge on any atom is -0.324 e. The molecule has 0 unspecified atom stereocenters. The molecule has 2 amide bonds. The lowest BCUT2D eigenvalue weighted by atomic mass is 10.1. The van der Waals surface area contributed by atoms with Crippen molar-refractivity contribution in [1.29, 1.82) is 0 Å². The molecule has 2 rings (SSSR count). The Kier molecular flexibility index (Phi) is 5.01. The van der Waals surface area contributed by atoms with Crippen LogP contribution in [0.5, 0.6) is 0 Å². The lowest BCUT2D eigenvalue weighted by molar-refractivity contribution is 0.192. The van der Waals surface area contributed by atoms with Crippen LogP contribution in [0.2, 0.25) is 0 Å². The smallest absolute Gasteiger partial charge is 0.324 e. The molecule has 0 aliphatic carbocycles. The van der Waals surface area contributed by atoms with Crippen LogP contribution in [-0.4, -0.2) is 32.4 Å². The fraction of sp³-hybridized carbons (Fsp3) is 0.400. The van der Waals surface area contributed by atoms with Gasteiger partial charge in [0.05, 0.1) is 4.91 Å². The van der Waals surface area contributed by atoms with Gasteiger partial charge in [0.15, 0.2) is 0 Å². The van der Waals surface area contributed by atoms with Crippen LogP contribution < -0.4 is 4.72 Å². The number of rotatable bonds is 3. The average molecular weight is 308 g/mol. The predicted molar refractivity (Wildman–Crippen MR) is 83.0 cm³/mol. The number of likely N-dealkylation sites (tertiary alicyclic amines) is 1. The van der Waals surface area contributed by atoms with Gasteiger partial charge in [-0.1, -0.05) is 30.3 Å². The SMILES string of the molecule is CC(=Cc1ccccc1)S(=O)(=O)NC(=O)N1CCCCC1. The number of allylic oxidation sites excluding steroid dienone is 1. The second kappa shape index (κ2) is 6.76. The molecule has 1 aromatic carbocycles. The van der Waals surface area contributed by atoms with Gasteiger partial charge in [0, 0.05) is 13.1 Å². The number of sulfonamides is 1. The average Bonchev–Trinajstić information content (AvgIpc) is 2.48.